The molecule has 2 atom stereocenters. The summed E-state index contributed by atoms with van der Waals surface area (Å²) < 4.78 is 27.2. The summed E-state index contributed by atoms with van der Waals surface area (Å²) in [5.41, 5.74) is 6.14. The van der Waals surface area contributed by atoms with E-state index < -0.39 is 10.0 Å². The van der Waals surface area contributed by atoms with Crippen molar-refractivity contribution in [3.8, 4) is 0 Å². The summed E-state index contributed by atoms with van der Waals surface area (Å²) in [6, 6.07) is 6.37. The zero-order chi connectivity index (χ0) is 13.9. The van der Waals surface area contributed by atoms with E-state index in [1.165, 1.54) is 0 Å². The van der Waals surface area contributed by atoms with Crippen LogP contribution in [0.3, 0.4) is 0 Å². The molecule has 1 aromatic carbocycles. The fourth-order valence-corrected chi connectivity index (χ4v) is 4.79. The van der Waals surface area contributed by atoms with Gasteiger partial charge in [0, 0.05) is 17.0 Å². The Balaban J connectivity index is 2.00. The Morgan fingerprint density at radius 2 is 2.00 bits per heavy atom. The van der Waals surface area contributed by atoms with Crippen LogP contribution < -0.4 is 10.5 Å². The number of hydrogen-bond acceptors (Lipinski definition) is 4. The minimum atomic E-state index is -3.41. The van der Waals surface area contributed by atoms with Crippen molar-refractivity contribution in [2.75, 3.05) is 11.5 Å². The summed E-state index contributed by atoms with van der Waals surface area (Å²) in [4.78, 5) is 0.285. The van der Waals surface area contributed by atoms with E-state index in [9.17, 15) is 8.42 Å². The quantitative estimate of drug-likeness (QED) is 0.818. The molecule has 0 amide bonds. The summed E-state index contributed by atoms with van der Waals surface area (Å²) in [7, 11) is -3.41. The van der Waals surface area contributed by atoms with Crippen molar-refractivity contribution in [3.63, 3.8) is 0 Å². The lowest BCUT2D eigenvalue weighted by molar-refractivity contribution is 0.552. The molecule has 19 heavy (non-hydrogen) atoms. The number of sulfonamides is 1. The minimum absolute atomic E-state index is 0.0617. The first kappa shape index (κ1) is 14.7. The molecule has 1 saturated carbocycles. The van der Waals surface area contributed by atoms with Crippen LogP contribution in [-0.4, -0.2) is 25.5 Å². The molecule has 1 aromatic rings. The first-order valence-corrected chi connectivity index (χ1v) is 9.04. The lowest BCUT2D eigenvalue weighted by Crippen LogP contribution is -2.33. The molecule has 0 radical (unpaired) electrons. The SMILES string of the molecule is CCS[C@@H]1CC[C@H](NS(=O)(=O)c2ccc(N)cc2)C1. The van der Waals surface area contributed by atoms with Gasteiger partial charge in [-0.1, -0.05) is 6.92 Å². The van der Waals surface area contributed by atoms with Crippen molar-refractivity contribution in [1.82, 2.24) is 4.72 Å². The second-order valence-electron chi connectivity index (χ2n) is 4.78. The zero-order valence-electron chi connectivity index (χ0n) is 11.0. The molecule has 6 heteroatoms. The second-order valence-corrected chi connectivity index (χ2v) is 8.07. The highest BCUT2D eigenvalue weighted by molar-refractivity contribution is 7.99. The normalized spacial score (nSPS) is 23.6. The molecule has 1 fully saturated rings. The van der Waals surface area contributed by atoms with Crippen molar-refractivity contribution in [2.24, 2.45) is 0 Å². The van der Waals surface area contributed by atoms with Gasteiger partial charge in [0.2, 0.25) is 10.0 Å². The Kier molecular flexibility index (Phi) is 4.76. The molecular weight excluding hydrogens is 280 g/mol. The average molecular weight is 300 g/mol. The molecule has 2 rings (SSSR count). The van der Waals surface area contributed by atoms with Gasteiger partial charge in [-0.25, -0.2) is 13.1 Å². The van der Waals surface area contributed by atoms with Crippen LogP contribution >= 0.6 is 11.8 Å². The van der Waals surface area contributed by atoms with Crippen LogP contribution in [0.4, 0.5) is 5.69 Å². The van der Waals surface area contributed by atoms with Crippen molar-refractivity contribution >= 4 is 27.5 Å². The molecule has 0 aliphatic heterocycles. The zero-order valence-corrected chi connectivity index (χ0v) is 12.6. The van der Waals surface area contributed by atoms with E-state index in [1.807, 2.05) is 11.8 Å². The molecular formula is C13H20N2O2S2. The molecule has 4 nitrogen and oxygen atoms in total. The standard InChI is InChI=1S/C13H20N2O2S2/c1-2-18-12-6-5-11(9-12)15-19(16,17)13-7-3-10(14)4-8-13/h3-4,7-8,11-12,15H,2,5-6,9,14H2,1H3/t11-,12+/m0/s1. The van der Waals surface area contributed by atoms with E-state index in [-0.39, 0.29) is 10.9 Å². The Bertz CT molecular complexity index is 514. The lowest BCUT2D eigenvalue weighted by atomic mass is 10.3. The Morgan fingerprint density at radius 3 is 2.63 bits per heavy atom. The number of rotatable bonds is 5. The van der Waals surface area contributed by atoms with Crippen LogP contribution in [0.2, 0.25) is 0 Å². The lowest BCUT2D eigenvalue weighted by Gasteiger charge is -2.13. The smallest absolute Gasteiger partial charge is 0.240 e. The molecule has 0 unspecified atom stereocenters. The molecule has 3 N–H and O–H groups in total. The van der Waals surface area contributed by atoms with Gasteiger partial charge in [-0.05, 0) is 49.3 Å². The third-order valence-electron chi connectivity index (χ3n) is 3.30. The number of hydrogen-bond donors (Lipinski definition) is 2. The Labute approximate surface area is 119 Å². The fourth-order valence-electron chi connectivity index (χ4n) is 2.37. The van der Waals surface area contributed by atoms with Gasteiger partial charge >= 0.3 is 0 Å². The second kappa shape index (κ2) is 6.15. The van der Waals surface area contributed by atoms with Crippen LogP contribution in [0.25, 0.3) is 0 Å². The summed E-state index contributed by atoms with van der Waals surface area (Å²) in [6.45, 7) is 2.14. The third-order valence-corrected chi connectivity index (χ3v) is 6.07. The maximum atomic E-state index is 12.2. The number of thioether (sulfide) groups is 1. The van der Waals surface area contributed by atoms with Crippen molar-refractivity contribution in [3.05, 3.63) is 24.3 Å². The van der Waals surface area contributed by atoms with E-state index in [2.05, 4.69) is 11.6 Å². The van der Waals surface area contributed by atoms with Gasteiger partial charge in [0.15, 0.2) is 0 Å². The maximum Gasteiger partial charge on any atom is 0.240 e. The van der Waals surface area contributed by atoms with E-state index in [0.717, 1.165) is 25.0 Å². The topological polar surface area (TPSA) is 72.2 Å². The molecule has 106 valence electrons. The van der Waals surface area contributed by atoms with Crippen LogP contribution in [-0.2, 0) is 10.0 Å². The van der Waals surface area contributed by atoms with E-state index in [1.54, 1.807) is 24.3 Å². The summed E-state index contributed by atoms with van der Waals surface area (Å²) in [5.74, 6) is 1.09. The van der Waals surface area contributed by atoms with Gasteiger partial charge in [-0.3, -0.25) is 0 Å². The van der Waals surface area contributed by atoms with E-state index in [0.29, 0.717) is 10.9 Å². The summed E-state index contributed by atoms with van der Waals surface area (Å²) in [5, 5.41) is 0.587. The summed E-state index contributed by atoms with van der Waals surface area (Å²) in [6.07, 6.45) is 2.94. The number of anilines is 1. The molecule has 0 heterocycles. The van der Waals surface area contributed by atoms with Crippen LogP contribution in [0, 0.1) is 0 Å². The van der Waals surface area contributed by atoms with Crippen LogP contribution in [0.15, 0.2) is 29.2 Å². The molecule has 0 spiro atoms. The van der Waals surface area contributed by atoms with Crippen molar-refractivity contribution < 1.29 is 8.42 Å². The average Bonchev–Trinajstić information content (AvgIpc) is 2.77. The largest absolute Gasteiger partial charge is 0.399 e. The molecule has 0 bridgehead atoms. The Hall–Kier alpha value is -0.720. The van der Waals surface area contributed by atoms with E-state index in [4.69, 9.17) is 5.73 Å². The van der Waals surface area contributed by atoms with E-state index >= 15 is 0 Å². The van der Waals surface area contributed by atoms with Crippen LogP contribution in [0.1, 0.15) is 26.2 Å². The Morgan fingerprint density at radius 1 is 1.32 bits per heavy atom. The van der Waals surface area contributed by atoms with Gasteiger partial charge in [-0.15, -0.1) is 0 Å². The number of nitrogens with one attached hydrogen (secondary N) is 1. The van der Waals surface area contributed by atoms with Gasteiger partial charge in [0.25, 0.3) is 0 Å². The fraction of sp³-hybridized carbons (Fsp3) is 0.538. The first-order chi connectivity index (χ1) is 9.01. The van der Waals surface area contributed by atoms with Crippen LogP contribution in [0.5, 0.6) is 0 Å². The number of benzene rings is 1. The van der Waals surface area contributed by atoms with Gasteiger partial charge < -0.3 is 5.73 Å². The van der Waals surface area contributed by atoms with Gasteiger partial charge in [0.1, 0.15) is 0 Å². The number of nitrogens with two attached hydrogens (primary N) is 1. The highest BCUT2D eigenvalue weighted by Crippen LogP contribution is 2.30. The first-order valence-electron chi connectivity index (χ1n) is 6.50. The number of nitrogen functional groups attached to an aromatic ring is 1. The predicted molar refractivity (Wildman–Crippen MR) is 80.7 cm³/mol. The van der Waals surface area contributed by atoms with Gasteiger partial charge in [-0.2, -0.15) is 11.8 Å². The maximum absolute atomic E-state index is 12.2. The summed E-state index contributed by atoms with van der Waals surface area (Å²) >= 11 is 1.92. The molecule has 0 saturated heterocycles. The molecule has 1 aliphatic carbocycles. The van der Waals surface area contributed by atoms with Gasteiger partial charge in [0.05, 0.1) is 4.90 Å². The third kappa shape index (κ3) is 3.87. The predicted octanol–water partition coefficient (Wildman–Crippen LogP) is 2.22. The van der Waals surface area contributed by atoms with Crippen molar-refractivity contribution in [2.45, 2.75) is 42.4 Å². The highest BCUT2D eigenvalue weighted by atomic mass is 32.2. The molecule has 0 aromatic heterocycles. The molecule has 1 aliphatic rings. The highest BCUT2D eigenvalue weighted by Gasteiger charge is 2.28. The monoisotopic (exact) mass is 300 g/mol. The van der Waals surface area contributed by atoms with Crippen molar-refractivity contribution in [1.29, 1.82) is 0 Å². The minimum Gasteiger partial charge on any atom is -0.399 e.